The lowest BCUT2D eigenvalue weighted by Gasteiger charge is -2.24. The number of hydrogen-bond donors (Lipinski definition) is 1. The second-order valence-electron chi connectivity index (χ2n) is 6.36. The van der Waals surface area contributed by atoms with E-state index in [2.05, 4.69) is 15.2 Å². The highest BCUT2D eigenvalue weighted by Gasteiger charge is 2.40. The number of fused-ring (bicyclic) bond motifs is 1. The number of rotatable bonds is 2. The molecule has 2 aliphatic heterocycles. The summed E-state index contributed by atoms with van der Waals surface area (Å²) in [4.78, 5) is 17.6. The monoisotopic (exact) mass is 298 g/mol. The van der Waals surface area contributed by atoms with Gasteiger partial charge in [-0.3, -0.25) is 15.1 Å². The van der Waals surface area contributed by atoms with Crippen LogP contribution in [-0.2, 0) is 0 Å². The predicted molar refractivity (Wildman–Crippen MR) is 85.1 cm³/mol. The van der Waals surface area contributed by atoms with Gasteiger partial charge in [0.15, 0.2) is 0 Å². The molecule has 1 atom stereocenters. The van der Waals surface area contributed by atoms with Crippen LogP contribution in [0.2, 0.25) is 0 Å². The highest BCUT2D eigenvalue weighted by atomic mass is 16.6. The first-order chi connectivity index (χ1) is 10.7. The number of nitro benzene ring substituents is 1. The summed E-state index contributed by atoms with van der Waals surface area (Å²) in [5.41, 5.74) is 2.25. The molecule has 22 heavy (non-hydrogen) atoms. The van der Waals surface area contributed by atoms with Crippen molar-refractivity contribution in [1.82, 2.24) is 10.3 Å². The molecule has 114 valence electrons. The minimum absolute atomic E-state index is 0.128. The Morgan fingerprint density at radius 1 is 1.32 bits per heavy atom. The Balaban J connectivity index is 1.77. The molecule has 1 aromatic carbocycles. The topological polar surface area (TPSA) is 71.3 Å². The van der Waals surface area contributed by atoms with Crippen LogP contribution in [0.1, 0.15) is 12.8 Å². The van der Waals surface area contributed by atoms with Gasteiger partial charge in [-0.1, -0.05) is 0 Å². The molecule has 1 unspecified atom stereocenters. The number of pyridine rings is 1. The average Bonchev–Trinajstić information content (AvgIpc) is 3.16. The maximum Gasteiger partial charge on any atom is 0.278 e. The van der Waals surface area contributed by atoms with E-state index in [9.17, 15) is 10.1 Å². The van der Waals surface area contributed by atoms with Crippen LogP contribution in [0.4, 0.5) is 11.4 Å². The largest absolute Gasteiger partial charge is 0.369 e. The van der Waals surface area contributed by atoms with Crippen LogP contribution in [0.25, 0.3) is 10.9 Å². The van der Waals surface area contributed by atoms with E-state index in [-0.39, 0.29) is 10.6 Å². The van der Waals surface area contributed by atoms with Crippen LogP contribution in [0.5, 0.6) is 0 Å². The van der Waals surface area contributed by atoms with Gasteiger partial charge in [0, 0.05) is 37.3 Å². The molecule has 0 bridgehead atoms. The fourth-order valence-electron chi connectivity index (χ4n) is 3.84. The number of aromatic nitrogens is 1. The van der Waals surface area contributed by atoms with Crippen LogP contribution < -0.4 is 10.2 Å². The quantitative estimate of drug-likeness (QED) is 0.680. The Bertz CT molecular complexity index is 740. The summed E-state index contributed by atoms with van der Waals surface area (Å²) in [6, 6.07) is 7.00. The maximum absolute atomic E-state index is 11.2. The van der Waals surface area contributed by atoms with E-state index in [0.717, 1.165) is 37.4 Å². The Morgan fingerprint density at radius 2 is 2.23 bits per heavy atom. The zero-order valence-corrected chi connectivity index (χ0v) is 12.3. The summed E-state index contributed by atoms with van der Waals surface area (Å²) in [7, 11) is 0. The summed E-state index contributed by atoms with van der Waals surface area (Å²) in [6.45, 7) is 4.16. The summed E-state index contributed by atoms with van der Waals surface area (Å²) in [5, 5.41) is 15.3. The van der Waals surface area contributed by atoms with E-state index < -0.39 is 0 Å². The smallest absolute Gasteiger partial charge is 0.278 e. The number of benzene rings is 1. The Hall–Kier alpha value is -2.21. The lowest BCUT2D eigenvalue weighted by Crippen LogP contribution is -2.29. The van der Waals surface area contributed by atoms with Crippen LogP contribution in [0.15, 0.2) is 30.5 Å². The van der Waals surface area contributed by atoms with Crippen molar-refractivity contribution in [3.05, 3.63) is 40.6 Å². The first-order valence-electron chi connectivity index (χ1n) is 7.66. The zero-order chi connectivity index (χ0) is 15.2. The van der Waals surface area contributed by atoms with Gasteiger partial charge in [0.05, 0.1) is 16.0 Å². The van der Waals surface area contributed by atoms with Gasteiger partial charge in [-0.05, 0) is 37.6 Å². The van der Waals surface area contributed by atoms with E-state index in [1.54, 1.807) is 24.4 Å². The second-order valence-corrected chi connectivity index (χ2v) is 6.36. The molecule has 1 spiro atoms. The lowest BCUT2D eigenvalue weighted by molar-refractivity contribution is -0.383. The van der Waals surface area contributed by atoms with Gasteiger partial charge in [-0.2, -0.15) is 0 Å². The molecule has 2 aliphatic rings. The van der Waals surface area contributed by atoms with Crippen molar-refractivity contribution in [1.29, 1.82) is 0 Å². The molecule has 2 aromatic rings. The SMILES string of the molecule is O=[N+]([O-])c1ccc(N2CCC3(CCNC3)C2)c2ncccc12. The first kappa shape index (κ1) is 13.5. The van der Waals surface area contributed by atoms with Crippen LogP contribution in [0, 0.1) is 15.5 Å². The van der Waals surface area contributed by atoms with E-state index in [1.807, 2.05) is 6.07 Å². The number of nitrogens with zero attached hydrogens (tertiary/aromatic N) is 3. The third-order valence-corrected chi connectivity index (χ3v) is 5.03. The molecule has 1 N–H and O–H groups in total. The summed E-state index contributed by atoms with van der Waals surface area (Å²) in [6.07, 6.45) is 4.09. The van der Waals surface area contributed by atoms with Gasteiger partial charge in [0.25, 0.3) is 5.69 Å². The molecule has 0 radical (unpaired) electrons. The molecule has 6 nitrogen and oxygen atoms in total. The molecule has 6 heteroatoms. The number of non-ortho nitro benzene ring substituents is 1. The number of nitrogens with one attached hydrogen (secondary N) is 1. The van der Waals surface area contributed by atoms with Crippen LogP contribution in [-0.4, -0.2) is 36.1 Å². The van der Waals surface area contributed by atoms with E-state index >= 15 is 0 Å². The number of anilines is 1. The molecule has 0 aliphatic carbocycles. The van der Waals surface area contributed by atoms with Crippen molar-refractivity contribution in [2.75, 3.05) is 31.1 Å². The van der Waals surface area contributed by atoms with E-state index in [0.29, 0.717) is 10.8 Å². The molecular weight excluding hydrogens is 280 g/mol. The Kier molecular flexibility index (Phi) is 3.00. The molecule has 0 amide bonds. The molecule has 2 fully saturated rings. The molecule has 3 heterocycles. The Labute approximate surface area is 128 Å². The third-order valence-electron chi connectivity index (χ3n) is 5.03. The van der Waals surface area contributed by atoms with E-state index in [4.69, 9.17) is 0 Å². The van der Waals surface area contributed by atoms with Gasteiger partial charge in [0.2, 0.25) is 0 Å². The molecule has 2 saturated heterocycles. The molecule has 4 rings (SSSR count). The lowest BCUT2D eigenvalue weighted by atomic mass is 9.86. The van der Waals surface area contributed by atoms with E-state index in [1.165, 1.54) is 12.8 Å². The van der Waals surface area contributed by atoms with Gasteiger partial charge < -0.3 is 10.2 Å². The molecule has 1 aromatic heterocycles. The normalized spacial score (nSPS) is 24.5. The molecular formula is C16H18N4O2. The predicted octanol–water partition coefficient (Wildman–Crippen LogP) is 2.33. The number of hydrogen-bond acceptors (Lipinski definition) is 5. The molecule has 0 saturated carbocycles. The van der Waals surface area contributed by atoms with Gasteiger partial charge in [-0.25, -0.2) is 0 Å². The summed E-state index contributed by atoms with van der Waals surface area (Å²) >= 11 is 0. The van der Waals surface area contributed by atoms with Gasteiger partial charge in [0.1, 0.15) is 5.52 Å². The number of nitro groups is 1. The maximum atomic E-state index is 11.2. The standard InChI is InChI=1S/C16H18N4O2/c21-20(22)13-3-4-14(15-12(13)2-1-7-18-15)19-9-6-16(11-19)5-8-17-10-16/h1-4,7,17H,5-6,8-11H2. The van der Waals surface area contributed by atoms with Crippen molar-refractivity contribution < 1.29 is 4.92 Å². The fraction of sp³-hybridized carbons (Fsp3) is 0.438. The summed E-state index contributed by atoms with van der Waals surface area (Å²) < 4.78 is 0. The van der Waals surface area contributed by atoms with Crippen molar-refractivity contribution in [2.45, 2.75) is 12.8 Å². The highest BCUT2D eigenvalue weighted by Crippen LogP contribution is 2.41. The van der Waals surface area contributed by atoms with Crippen molar-refractivity contribution in [2.24, 2.45) is 5.41 Å². The van der Waals surface area contributed by atoms with Gasteiger partial charge >= 0.3 is 0 Å². The van der Waals surface area contributed by atoms with Crippen molar-refractivity contribution in [3.63, 3.8) is 0 Å². The third kappa shape index (κ3) is 2.02. The second kappa shape index (κ2) is 4.91. The zero-order valence-electron chi connectivity index (χ0n) is 12.3. The summed E-state index contributed by atoms with van der Waals surface area (Å²) in [5.74, 6) is 0. The average molecular weight is 298 g/mol. The fourth-order valence-corrected chi connectivity index (χ4v) is 3.84. The first-order valence-corrected chi connectivity index (χ1v) is 7.66. The van der Waals surface area contributed by atoms with Crippen molar-refractivity contribution in [3.8, 4) is 0 Å². The minimum atomic E-state index is -0.333. The minimum Gasteiger partial charge on any atom is -0.369 e. The highest BCUT2D eigenvalue weighted by molar-refractivity contribution is 5.97. The Morgan fingerprint density at radius 3 is 3.00 bits per heavy atom. The van der Waals surface area contributed by atoms with Crippen LogP contribution in [0.3, 0.4) is 0 Å². The van der Waals surface area contributed by atoms with Crippen LogP contribution >= 0.6 is 0 Å². The van der Waals surface area contributed by atoms with Gasteiger partial charge in [-0.15, -0.1) is 0 Å². The van der Waals surface area contributed by atoms with Crippen molar-refractivity contribution >= 4 is 22.3 Å².